The molecule has 1 aliphatic heterocycles. The zero-order chi connectivity index (χ0) is 14.5. The highest BCUT2D eigenvalue weighted by molar-refractivity contribution is 6.18. The molecule has 2 nitrogen and oxygen atoms in total. The van der Waals surface area contributed by atoms with Gasteiger partial charge in [0.15, 0.2) is 0 Å². The number of halogens is 1. The molecule has 21 heavy (non-hydrogen) atoms. The average molecular weight is 308 g/mol. The Morgan fingerprint density at radius 3 is 2.90 bits per heavy atom. The fraction of sp³-hybridized carbons (Fsp3) is 0.667. The third kappa shape index (κ3) is 3.92. The van der Waals surface area contributed by atoms with Gasteiger partial charge in [-0.05, 0) is 61.4 Å². The maximum absolute atomic E-state index is 6.10. The third-order valence-corrected chi connectivity index (χ3v) is 5.41. The fourth-order valence-corrected chi connectivity index (χ4v) is 4.08. The lowest BCUT2D eigenvalue weighted by molar-refractivity contribution is 0.251. The molecule has 0 aromatic heterocycles. The molecule has 3 heteroatoms. The first-order chi connectivity index (χ1) is 10.4. The van der Waals surface area contributed by atoms with Crippen LogP contribution in [-0.2, 0) is 12.8 Å². The molecule has 2 unspecified atom stereocenters. The molecule has 1 aliphatic carbocycles. The van der Waals surface area contributed by atoms with E-state index in [-0.39, 0.29) is 0 Å². The average Bonchev–Trinajstić information content (AvgIpc) is 2.99. The van der Waals surface area contributed by atoms with Gasteiger partial charge >= 0.3 is 0 Å². The van der Waals surface area contributed by atoms with Gasteiger partial charge in [-0.3, -0.25) is 0 Å². The molecule has 0 radical (unpaired) electrons. The summed E-state index contributed by atoms with van der Waals surface area (Å²) in [6, 6.07) is 6.64. The molecule has 2 aliphatic rings. The van der Waals surface area contributed by atoms with Crippen LogP contribution in [0.1, 0.15) is 36.8 Å². The van der Waals surface area contributed by atoms with Crippen LogP contribution < -0.4 is 10.1 Å². The standard InChI is InChI=1S/C18H26ClNO/c19-12-16-3-1-2-4-17(16)13-20-9-7-14-5-6-18-15(11-14)8-10-21-18/h5-6,11,16-17,20H,1-4,7-10,12-13H2. The normalized spacial score (nSPS) is 24.6. The number of rotatable bonds is 6. The van der Waals surface area contributed by atoms with Crippen molar-refractivity contribution >= 4 is 11.6 Å². The predicted molar refractivity (Wildman–Crippen MR) is 88.4 cm³/mol. The van der Waals surface area contributed by atoms with Crippen molar-refractivity contribution in [2.75, 3.05) is 25.6 Å². The van der Waals surface area contributed by atoms with Crippen LogP contribution in [0.3, 0.4) is 0 Å². The smallest absolute Gasteiger partial charge is 0.122 e. The highest BCUT2D eigenvalue weighted by Crippen LogP contribution is 2.30. The minimum atomic E-state index is 0.727. The van der Waals surface area contributed by atoms with E-state index in [2.05, 4.69) is 23.5 Å². The van der Waals surface area contributed by atoms with Crippen LogP contribution in [0.25, 0.3) is 0 Å². The molecule has 0 amide bonds. The number of alkyl halides is 1. The first-order valence-corrected chi connectivity index (χ1v) is 8.91. The number of hydrogen-bond donors (Lipinski definition) is 1. The molecule has 0 bridgehead atoms. The fourth-order valence-electron chi connectivity index (χ4n) is 3.67. The Hall–Kier alpha value is -0.730. The summed E-state index contributed by atoms with van der Waals surface area (Å²) in [7, 11) is 0. The van der Waals surface area contributed by atoms with Crippen molar-refractivity contribution in [2.24, 2.45) is 11.8 Å². The summed E-state index contributed by atoms with van der Waals surface area (Å²) >= 11 is 6.10. The molecule has 1 saturated carbocycles. The number of fused-ring (bicyclic) bond motifs is 1. The van der Waals surface area contributed by atoms with Crippen LogP contribution in [0.5, 0.6) is 5.75 Å². The van der Waals surface area contributed by atoms with Crippen LogP contribution in [0.2, 0.25) is 0 Å². The highest BCUT2D eigenvalue weighted by Gasteiger charge is 2.23. The summed E-state index contributed by atoms with van der Waals surface area (Å²) in [4.78, 5) is 0. The molecule has 1 N–H and O–H groups in total. The Morgan fingerprint density at radius 2 is 2.05 bits per heavy atom. The van der Waals surface area contributed by atoms with Crippen molar-refractivity contribution in [3.05, 3.63) is 29.3 Å². The minimum absolute atomic E-state index is 0.727. The Balaban J connectivity index is 1.41. The van der Waals surface area contributed by atoms with E-state index in [1.807, 2.05) is 0 Å². The van der Waals surface area contributed by atoms with Gasteiger partial charge in [0.1, 0.15) is 5.75 Å². The van der Waals surface area contributed by atoms with E-state index in [1.54, 1.807) is 0 Å². The Morgan fingerprint density at radius 1 is 1.19 bits per heavy atom. The summed E-state index contributed by atoms with van der Waals surface area (Å²) in [5.41, 5.74) is 2.80. The summed E-state index contributed by atoms with van der Waals surface area (Å²) in [6.07, 6.45) is 7.58. The van der Waals surface area contributed by atoms with Gasteiger partial charge in [0.25, 0.3) is 0 Å². The van der Waals surface area contributed by atoms with Crippen molar-refractivity contribution < 1.29 is 4.74 Å². The van der Waals surface area contributed by atoms with E-state index < -0.39 is 0 Å². The summed E-state index contributed by atoms with van der Waals surface area (Å²) < 4.78 is 5.55. The number of nitrogens with one attached hydrogen (secondary N) is 1. The maximum atomic E-state index is 6.10. The second kappa shape index (κ2) is 7.51. The quantitative estimate of drug-likeness (QED) is 0.637. The Labute approximate surface area is 133 Å². The molecule has 1 heterocycles. The topological polar surface area (TPSA) is 21.3 Å². The molecule has 0 spiro atoms. The highest BCUT2D eigenvalue weighted by atomic mass is 35.5. The second-order valence-corrected chi connectivity index (χ2v) is 6.76. The number of ether oxygens (including phenoxy) is 1. The molecule has 3 rings (SSSR count). The van der Waals surface area contributed by atoms with E-state index in [0.29, 0.717) is 0 Å². The van der Waals surface area contributed by atoms with Crippen molar-refractivity contribution in [1.29, 1.82) is 0 Å². The van der Waals surface area contributed by atoms with Gasteiger partial charge in [0.05, 0.1) is 6.61 Å². The van der Waals surface area contributed by atoms with Gasteiger partial charge in [-0.15, -0.1) is 11.6 Å². The van der Waals surface area contributed by atoms with Gasteiger partial charge in [0, 0.05) is 12.3 Å². The van der Waals surface area contributed by atoms with Gasteiger partial charge in [-0.1, -0.05) is 25.0 Å². The van der Waals surface area contributed by atoms with Crippen LogP contribution >= 0.6 is 11.6 Å². The zero-order valence-electron chi connectivity index (χ0n) is 12.7. The molecular formula is C18H26ClNO. The maximum Gasteiger partial charge on any atom is 0.122 e. The largest absolute Gasteiger partial charge is 0.493 e. The summed E-state index contributed by atoms with van der Waals surface area (Å²) in [6.45, 7) is 3.04. The Bertz CT molecular complexity index is 463. The predicted octanol–water partition coefficient (Wildman–Crippen LogP) is 3.80. The van der Waals surface area contributed by atoms with Crippen molar-refractivity contribution in [3.63, 3.8) is 0 Å². The Kier molecular flexibility index (Phi) is 5.43. The molecule has 2 atom stereocenters. The molecule has 1 fully saturated rings. The lowest BCUT2D eigenvalue weighted by Crippen LogP contribution is -2.32. The van der Waals surface area contributed by atoms with Crippen molar-refractivity contribution in [2.45, 2.75) is 38.5 Å². The molecule has 1 aromatic carbocycles. The lowest BCUT2D eigenvalue weighted by atomic mass is 9.80. The molecule has 116 valence electrons. The molecule has 1 aromatic rings. The van der Waals surface area contributed by atoms with Gasteiger partial charge in [0.2, 0.25) is 0 Å². The number of benzene rings is 1. The van der Waals surface area contributed by atoms with Crippen LogP contribution in [-0.4, -0.2) is 25.6 Å². The van der Waals surface area contributed by atoms with Crippen molar-refractivity contribution in [1.82, 2.24) is 5.32 Å². The first kappa shape index (κ1) is 15.2. The summed E-state index contributed by atoms with van der Waals surface area (Å²) in [5, 5.41) is 3.65. The van der Waals surface area contributed by atoms with Gasteiger partial charge in [-0.25, -0.2) is 0 Å². The molecular weight excluding hydrogens is 282 g/mol. The van der Waals surface area contributed by atoms with Crippen LogP contribution in [0, 0.1) is 11.8 Å². The van der Waals surface area contributed by atoms with Gasteiger partial charge in [-0.2, -0.15) is 0 Å². The second-order valence-electron chi connectivity index (χ2n) is 6.45. The number of hydrogen-bond acceptors (Lipinski definition) is 2. The first-order valence-electron chi connectivity index (χ1n) is 8.38. The SMILES string of the molecule is ClCC1CCCCC1CNCCc1ccc2c(c1)CCO2. The van der Waals surface area contributed by atoms with Crippen LogP contribution in [0.4, 0.5) is 0 Å². The van der Waals surface area contributed by atoms with E-state index >= 15 is 0 Å². The van der Waals surface area contributed by atoms with E-state index in [0.717, 1.165) is 56.0 Å². The monoisotopic (exact) mass is 307 g/mol. The summed E-state index contributed by atoms with van der Waals surface area (Å²) in [5.74, 6) is 3.42. The third-order valence-electron chi connectivity index (χ3n) is 5.02. The van der Waals surface area contributed by atoms with E-state index in [1.165, 1.54) is 36.8 Å². The van der Waals surface area contributed by atoms with Crippen molar-refractivity contribution in [3.8, 4) is 5.75 Å². The van der Waals surface area contributed by atoms with E-state index in [4.69, 9.17) is 16.3 Å². The van der Waals surface area contributed by atoms with Gasteiger partial charge < -0.3 is 10.1 Å². The molecule has 0 saturated heterocycles. The minimum Gasteiger partial charge on any atom is -0.493 e. The van der Waals surface area contributed by atoms with E-state index in [9.17, 15) is 0 Å². The lowest BCUT2D eigenvalue weighted by Gasteiger charge is -2.30. The zero-order valence-corrected chi connectivity index (χ0v) is 13.5. The van der Waals surface area contributed by atoms with Crippen LogP contribution in [0.15, 0.2) is 18.2 Å².